The van der Waals surface area contributed by atoms with Crippen molar-refractivity contribution in [3.05, 3.63) is 18.0 Å². The van der Waals surface area contributed by atoms with E-state index >= 15 is 0 Å². The highest BCUT2D eigenvalue weighted by molar-refractivity contribution is 5.70. The van der Waals surface area contributed by atoms with Gasteiger partial charge in [0.05, 0.1) is 17.6 Å². The predicted molar refractivity (Wildman–Crippen MR) is 74.3 cm³/mol. The number of aryl methyl sites for hydroxylation is 1. The highest BCUT2D eigenvalue weighted by atomic mass is 16.4. The number of nitrogens with two attached hydrogens (primary N) is 1. The van der Waals surface area contributed by atoms with Crippen LogP contribution in [-0.4, -0.2) is 35.3 Å². The van der Waals surface area contributed by atoms with E-state index in [9.17, 15) is 4.79 Å². The van der Waals surface area contributed by atoms with Crippen molar-refractivity contribution < 1.29 is 9.90 Å². The molecule has 1 fully saturated rings. The molecule has 2 heterocycles. The van der Waals surface area contributed by atoms with Gasteiger partial charge >= 0.3 is 6.09 Å². The summed E-state index contributed by atoms with van der Waals surface area (Å²) in [5.41, 5.74) is 8.63. The summed E-state index contributed by atoms with van der Waals surface area (Å²) >= 11 is 0. The minimum absolute atomic E-state index is 0.0618. The summed E-state index contributed by atoms with van der Waals surface area (Å²) in [4.78, 5) is 17.0. The first-order chi connectivity index (χ1) is 8.97. The monoisotopic (exact) mass is 264 g/mol. The number of hydrogen-bond donors (Lipinski definition) is 3. The molecular weight excluding hydrogens is 244 g/mol. The molecule has 1 amide bonds. The molecule has 0 aromatic carbocycles. The first kappa shape index (κ1) is 13.5. The normalized spacial score (nSPS) is 23.2. The topological polar surface area (TPSA) is 91.5 Å². The number of carbonyl (C=O) groups is 1. The molecule has 0 unspecified atom stereocenters. The number of nitrogens with zero attached hydrogens (tertiary/aromatic N) is 2. The van der Waals surface area contributed by atoms with Gasteiger partial charge in [-0.2, -0.15) is 0 Å². The largest absolute Gasteiger partial charge is 0.465 e. The molecule has 0 aliphatic carbocycles. The Morgan fingerprint density at radius 3 is 2.89 bits per heavy atom. The second-order valence-corrected chi connectivity index (χ2v) is 5.29. The maximum absolute atomic E-state index is 10.8. The Hall–Kier alpha value is -1.98. The van der Waals surface area contributed by atoms with E-state index < -0.39 is 6.09 Å². The Labute approximate surface area is 112 Å². The average Bonchev–Trinajstić information content (AvgIpc) is 2.26. The first-order valence-corrected chi connectivity index (χ1v) is 6.42. The number of rotatable bonds is 2. The fourth-order valence-corrected chi connectivity index (χ4v) is 2.82. The number of amides is 1. The molecule has 6 nitrogen and oxygen atoms in total. The van der Waals surface area contributed by atoms with Crippen molar-refractivity contribution >= 4 is 17.5 Å². The van der Waals surface area contributed by atoms with Crippen LogP contribution in [0, 0.1) is 12.8 Å². The maximum atomic E-state index is 10.8. The lowest BCUT2D eigenvalue weighted by Crippen LogP contribution is -2.50. The molecule has 0 bridgehead atoms. The van der Waals surface area contributed by atoms with Crippen molar-refractivity contribution in [2.45, 2.75) is 26.3 Å². The van der Waals surface area contributed by atoms with E-state index in [1.54, 1.807) is 12.4 Å². The van der Waals surface area contributed by atoms with Crippen molar-refractivity contribution in [2.75, 3.05) is 23.7 Å². The van der Waals surface area contributed by atoms with Crippen LogP contribution in [-0.2, 0) is 0 Å². The predicted octanol–water partition coefficient (Wildman–Crippen LogP) is 1.45. The zero-order valence-electron chi connectivity index (χ0n) is 11.3. The third-order valence-corrected chi connectivity index (χ3v) is 3.43. The standard InChI is InChI=1S/C13H20N4O2/c1-8-3-10(16-13(18)19)7-17(6-8)12-9(2)4-15-5-11(12)14/h4-5,8,10,16H,3,6-7,14H2,1-2H3,(H,18,19)/t8-,10+/m1/s1. The molecule has 104 valence electrons. The van der Waals surface area contributed by atoms with Crippen molar-refractivity contribution in [1.82, 2.24) is 10.3 Å². The molecule has 0 saturated carbocycles. The van der Waals surface area contributed by atoms with Crippen LogP contribution in [0.3, 0.4) is 0 Å². The van der Waals surface area contributed by atoms with Gasteiger partial charge in [0.15, 0.2) is 0 Å². The van der Waals surface area contributed by atoms with Crippen LogP contribution in [0.4, 0.5) is 16.2 Å². The van der Waals surface area contributed by atoms with E-state index in [-0.39, 0.29) is 6.04 Å². The molecule has 0 radical (unpaired) electrons. The molecule has 1 aliphatic heterocycles. The molecule has 1 saturated heterocycles. The van der Waals surface area contributed by atoms with Crippen LogP contribution in [0.15, 0.2) is 12.4 Å². The smallest absolute Gasteiger partial charge is 0.404 e. The van der Waals surface area contributed by atoms with Crippen LogP contribution in [0.2, 0.25) is 0 Å². The third-order valence-electron chi connectivity index (χ3n) is 3.43. The van der Waals surface area contributed by atoms with Crippen molar-refractivity contribution in [2.24, 2.45) is 5.92 Å². The minimum Gasteiger partial charge on any atom is -0.465 e. The number of nitrogen functional groups attached to an aromatic ring is 1. The summed E-state index contributed by atoms with van der Waals surface area (Å²) in [6, 6.07) is -0.0618. The number of piperidine rings is 1. The fraction of sp³-hybridized carbons (Fsp3) is 0.538. The minimum atomic E-state index is -0.974. The van der Waals surface area contributed by atoms with E-state index in [2.05, 4.69) is 22.1 Å². The quantitative estimate of drug-likeness (QED) is 0.752. The molecule has 6 heteroatoms. The van der Waals surface area contributed by atoms with Crippen molar-refractivity contribution in [3.8, 4) is 0 Å². The second kappa shape index (κ2) is 5.34. The molecule has 19 heavy (non-hydrogen) atoms. The van der Waals surface area contributed by atoms with Gasteiger partial charge in [-0.1, -0.05) is 6.92 Å². The number of nitrogens with one attached hydrogen (secondary N) is 1. The van der Waals surface area contributed by atoms with Crippen LogP contribution in [0.5, 0.6) is 0 Å². The maximum Gasteiger partial charge on any atom is 0.404 e. The van der Waals surface area contributed by atoms with Crippen LogP contribution >= 0.6 is 0 Å². The highest BCUT2D eigenvalue weighted by Crippen LogP contribution is 2.30. The van der Waals surface area contributed by atoms with E-state index in [0.29, 0.717) is 18.2 Å². The Morgan fingerprint density at radius 1 is 1.53 bits per heavy atom. The van der Waals surface area contributed by atoms with Crippen LogP contribution in [0.25, 0.3) is 0 Å². The van der Waals surface area contributed by atoms with E-state index in [1.165, 1.54) is 0 Å². The summed E-state index contributed by atoms with van der Waals surface area (Å²) < 4.78 is 0. The molecule has 2 rings (SSSR count). The number of aromatic nitrogens is 1. The number of hydrogen-bond acceptors (Lipinski definition) is 4. The van der Waals surface area contributed by atoms with Crippen LogP contribution < -0.4 is 16.0 Å². The lowest BCUT2D eigenvalue weighted by Gasteiger charge is -2.38. The zero-order valence-corrected chi connectivity index (χ0v) is 11.3. The number of anilines is 2. The Balaban J connectivity index is 2.21. The SMILES string of the molecule is Cc1cncc(N)c1N1C[C@H](C)C[C@H](NC(=O)O)C1. The second-order valence-electron chi connectivity index (χ2n) is 5.29. The molecule has 4 N–H and O–H groups in total. The van der Waals surface area contributed by atoms with Gasteiger partial charge in [-0.05, 0) is 24.8 Å². The van der Waals surface area contributed by atoms with Crippen molar-refractivity contribution in [1.29, 1.82) is 0 Å². The Morgan fingerprint density at radius 2 is 2.26 bits per heavy atom. The molecule has 1 aromatic rings. The van der Waals surface area contributed by atoms with Gasteiger partial charge < -0.3 is 21.1 Å². The highest BCUT2D eigenvalue weighted by Gasteiger charge is 2.27. The molecule has 1 aliphatic rings. The zero-order chi connectivity index (χ0) is 14.0. The van der Waals surface area contributed by atoms with Gasteiger partial charge in [0.25, 0.3) is 0 Å². The van der Waals surface area contributed by atoms with E-state index in [1.807, 2.05) is 6.92 Å². The van der Waals surface area contributed by atoms with E-state index in [4.69, 9.17) is 10.8 Å². The Bertz CT molecular complexity index is 457. The first-order valence-electron chi connectivity index (χ1n) is 6.42. The van der Waals surface area contributed by atoms with Gasteiger partial charge in [-0.3, -0.25) is 4.98 Å². The van der Waals surface area contributed by atoms with Gasteiger partial charge in [-0.15, -0.1) is 0 Å². The number of carboxylic acid groups (broad SMARTS) is 1. The average molecular weight is 264 g/mol. The molecule has 1 aromatic heterocycles. The molecule has 2 atom stereocenters. The molecular formula is C13H20N4O2. The summed E-state index contributed by atoms with van der Waals surface area (Å²) in [5.74, 6) is 0.414. The number of pyridine rings is 1. The van der Waals surface area contributed by atoms with Gasteiger partial charge in [0, 0.05) is 25.3 Å². The van der Waals surface area contributed by atoms with Crippen LogP contribution in [0.1, 0.15) is 18.9 Å². The summed E-state index contributed by atoms with van der Waals surface area (Å²) in [6.45, 7) is 5.62. The van der Waals surface area contributed by atoms with Gasteiger partial charge in [-0.25, -0.2) is 4.79 Å². The van der Waals surface area contributed by atoms with Crippen molar-refractivity contribution in [3.63, 3.8) is 0 Å². The summed E-state index contributed by atoms with van der Waals surface area (Å²) in [5, 5.41) is 11.4. The lowest BCUT2D eigenvalue weighted by molar-refractivity contribution is 0.186. The van der Waals surface area contributed by atoms with Gasteiger partial charge in [0.2, 0.25) is 0 Å². The van der Waals surface area contributed by atoms with Gasteiger partial charge in [0.1, 0.15) is 0 Å². The lowest BCUT2D eigenvalue weighted by atomic mass is 9.95. The summed E-state index contributed by atoms with van der Waals surface area (Å²) in [7, 11) is 0. The molecule has 0 spiro atoms. The third kappa shape index (κ3) is 3.07. The summed E-state index contributed by atoms with van der Waals surface area (Å²) in [6.07, 6.45) is 3.30. The fourth-order valence-electron chi connectivity index (χ4n) is 2.82. The Kier molecular flexibility index (Phi) is 3.78. The van der Waals surface area contributed by atoms with E-state index in [0.717, 1.165) is 24.2 Å².